The summed E-state index contributed by atoms with van der Waals surface area (Å²) < 4.78 is 16.4. The molecule has 1 N–H and O–H groups in total. The van der Waals surface area contributed by atoms with Crippen LogP contribution in [0.1, 0.15) is 25.3 Å². The van der Waals surface area contributed by atoms with Gasteiger partial charge in [0.25, 0.3) is 0 Å². The van der Waals surface area contributed by atoms with Gasteiger partial charge in [-0.1, -0.05) is 25.5 Å². The minimum Gasteiger partial charge on any atom is -0.493 e. The normalized spacial score (nSPS) is 10.7. The van der Waals surface area contributed by atoms with Crippen molar-refractivity contribution in [2.45, 2.75) is 19.8 Å². The Bertz CT molecular complexity index is 388. The molecule has 0 atom stereocenters. The van der Waals surface area contributed by atoms with Crippen LogP contribution >= 0.6 is 0 Å². The fraction of sp³-hybridized carbons (Fsp3) is 0.467. The lowest BCUT2D eigenvalue weighted by atomic mass is 10.1. The van der Waals surface area contributed by atoms with E-state index in [4.69, 9.17) is 19.3 Å². The van der Waals surface area contributed by atoms with E-state index in [1.165, 1.54) is 0 Å². The summed E-state index contributed by atoms with van der Waals surface area (Å²) in [6.45, 7) is 2.75. The van der Waals surface area contributed by atoms with Gasteiger partial charge in [0.1, 0.15) is 0 Å². The Labute approximate surface area is 114 Å². The lowest BCUT2D eigenvalue weighted by Crippen LogP contribution is -2.01. The van der Waals surface area contributed by atoms with Crippen molar-refractivity contribution in [3.63, 3.8) is 0 Å². The van der Waals surface area contributed by atoms with Gasteiger partial charge in [0.2, 0.25) is 5.75 Å². The highest BCUT2D eigenvalue weighted by Gasteiger charge is 2.13. The Morgan fingerprint density at radius 3 is 2.26 bits per heavy atom. The lowest BCUT2D eigenvalue weighted by molar-refractivity contribution is 0.270. The molecule has 106 valence electrons. The summed E-state index contributed by atoms with van der Waals surface area (Å²) in [5.41, 5.74) is 0.894. The molecule has 1 aromatic carbocycles. The van der Waals surface area contributed by atoms with E-state index in [2.05, 4.69) is 6.92 Å². The van der Waals surface area contributed by atoms with Crippen LogP contribution < -0.4 is 14.2 Å². The number of ether oxygens (including phenoxy) is 3. The van der Waals surface area contributed by atoms with Crippen LogP contribution in [-0.4, -0.2) is 32.5 Å². The molecular formula is C15H22O4. The van der Waals surface area contributed by atoms with Crippen LogP contribution in [0, 0.1) is 0 Å². The van der Waals surface area contributed by atoms with E-state index in [0.717, 1.165) is 18.4 Å². The van der Waals surface area contributed by atoms with Gasteiger partial charge in [-0.15, -0.1) is 0 Å². The molecule has 0 amide bonds. The predicted molar refractivity (Wildman–Crippen MR) is 76.1 cm³/mol. The van der Waals surface area contributed by atoms with Crippen molar-refractivity contribution in [3.05, 3.63) is 23.8 Å². The minimum atomic E-state index is -0.000613. The van der Waals surface area contributed by atoms with Gasteiger partial charge in [-0.2, -0.15) is 0 Å². The number of methoxy groups -OCH3 is 2. The molecule has 1 aromatic rings. The van der Waals surface area contributed by atoms with Crippen LogP contribution in [0.25, 0.3) is 6.08 Å². The van der Waals surface area contributed by atoms with Crippen molar-refractivity contribution in [2.24, 2.45) is 0 Å². The van der Waals surface area contributed by atoms with Crippen LogP contribution in [0.3, 0.4) is 0 Å². The number of hydrogen-bond acceptors (Lipinski definition) is 4. The molecular weight excluding hydrogens is 244 g/mol. The minimum absolute atomic E-state index is 0.000613. The van der Waals surface area contributed by atoms with Crippen LogP contribution in [0.5, 0.6) is 17.2 Å². The quantitative estimate of drug-likeness (QED) is 0.735. The predicted octanol–water partition coefficient (Wildman–Crippen LogP) is 2.89. The molecule has 0 unspecified atom stereocenters. The first-order valence-electron chi connectivity index (χ1n) is 6.43. The third-order valence-corrected chi connectivity index (χ3v) is 2.64. The smallest absolute Gasteiger partial charge is 0.203 e. The van der Waals surface area contributed by atoms with E-state index in [1.54, 1.807) is 26.4 Å². The lowest BCUT2D eigenvalue weighted by Gasteiger charge is -2.15. The van der Waals surface area contributed by atoms with Crippen LogP contribution in [0.15, 0.2) is 18.2 Å². The van der Waals surface area contributed by atoms with Crippen molar-refractivity contribution in [3.8, 4) is 17.2 Å². The van der Waals surface area contributed by atoms with Crippen LogP contribution in [0.2, 0.25) is 0 Å². The molecule has 1 rings (SSSR count). The molecule has 4 nitrogen and oxygen atoms in total. The van der Waals surface area contributed by atoms with Gasteiger partial charge in [-0.3, -0.25) is 0 Å². The molecule has 0 aliphatic rings. The number of aliphatic hydroxyl groups is 1. The average Bonchev–Trinajstić information content (AvgIpc) is 2.45. The monoisotopic (exact) mass is 266 g/mol. The third-order valence-electron chi connectivity index (χ3n) is 2.64. The van der Waals surface area contributed by atoms with E-state index < -0.39 is 0 Å². The molecule has 0 heterocycles. The van der Waals surface area contributed by atoms with E-state index in [-0.39, 0.29) is 6.61 Å². The van der Waals surface area contributed by atoms with E-state index in [0.29, 0.717) is 23.9 Å². The highest BCUT2D eigenvalue weighted by Crippen LogP contribution is 2.39. The molecule has 0 saturated carbocycles. The van der Waals surface area contributed by atoms with Gasteiger partial charge in [0.15, 0.2) is 11.5 Å². The Kier molecular flexibility index (Phi) is 6.82. The van der Waals surface area contributed by atoms with Gasteiger partial charge in [-0.05, 0) is 24.1 Å². The maximum absolute atomic E-state index is 8.80. The Morgan fingerprint density at radius 2 is 1.79 bits per heavy atom. The number of aliphatic hydroxyl groups excluding tert-OH is 1. The van der Waals surface area contributed by atoms with E-state index in [9.17, 15) is 0 Å². The first-order chi connectivity index (χ1) is 9.26. The average molecular weight is 266 g/mol. The Hall–Kier alpha value is -1.68. The number of hydrogen-bond donors (Lipinski definition) is 1. The molecule has 0 aromatic heterocycles. The second-order valence-electron chi connectivity index (χ2n) is 4.04. The summed E-state index contributed by atoms with van der Waals surface area (Å²) in [6, 6.07) is 3.71. The zero-order chi connectivity index (χ0) is 14.1. The molecule has 0 saturated heterocycles. The maximum atomic E-state index is 8.80. The highest BCUT2D eigenvalue weighted by molar-refractivity contribution is 5.62. The van der Waals surface area contributed by atoms with Gasteiger partial charge < -0.3 is 19.3 Å². The van der Waals surface area contributed by atoms with Crippen molar-refractivity contribution < 1.29 is 19.3 Å². The summed E-state index contributed by atoms with van der Waals surface area (Å²) in [5.74, 6) is 1.89. The largest absolute Gasteiger partial charge is 0.493 e. The fourth-order valence-corrected chi connectivity index (χ4v) is 1.65. The van der Waals surface area contributed by atoms with Crippen molar-refractivity contribution in [1.29, 1.82) is 0 Å². The van der Waals surface area contributed by atoms with Crippen molar-refractivity contribution >= 4 is 6.08 Å². The summed E-state index contributed by atoms with van der Waals surface area (Å²) in [5, 5.41) is 8.80. The highest BCUT2D eigenvalue weighted by atomic mass is 16.5. The van der Waals surface area contributed by atoms with E-state index >= 15 is 0 Å². The zero-order valence-electron chi connectivity index (χ0n) is 11.8. The summed E-state index contributed by atoms with van der Waals surface area (Å²) in [7, 11) is 3.20. The van der Waals surface area contributed by atoms with Gasteiger partial charge in [0, 0.05) is 0 Å². The summed E-state index contributed by atoms with van der Waals surface area (Å²) in [4.78, 5) is 0. The second kappa shape index (κ2) is 8.43. The molecule has 0 spiro atoms. The SMILES string of the molecule is CCCCOc1c(OC)cc(/C=C/CO)cc1OC. The first-order valence-corrected chi connectivity index (χ1v) is 6.43. The Balaban J connectivity index is 3.03. The topological polar surface area (TPSA) is 47.9 Å². The molecule has 0 aliphatic carbocycles. The second-order valence-corrected chi connectivity index (χ2v) is 4.04. The zero-order valence-corrected chi connectivity index (χ0v) is 11.8. The molecule has 0 fully saturated rings. The molecule has 4 heteroatoms. The van der Waals surface area contributed by atoms with Gasteiger partial charge >= 0.3 is 0 Å². The summed E-state index contributed by atoms with van der Waals surface area (Å²) in [6.07, 6.45) is 5.52. The Morgan fingerprint density at radius 1 is 1.16 bits per heavy atom. The first kappa shape index (κ1) is 15.4. The summed E-state index contributed by atoms with van der Waals surface area (Å²) >= 11 is 0. The van der Waals surface area contributed by atoms with Crippen molar-refractivity contribution in [2.75, 3.05) is 27.4 Å². The molecule has 0 bridgehead atoms. The van der Waals surface area contributed by atoms with Crippen molar-refractivity contribution in [1.82, 2.24) is 0 Å². The molecule has 19 heavy (non-hydrogen) atoms. The van der Waals surface area contributed by atoms with E-state index in [1.807, 2.05) is 12.1 Å². The fourth-order valence-electron chi connectivity index (χ4n) is 1.65. The molecule has 0 aliphatic heterocycles. The van der Waals surface area contributed by atoms with Crippen LogP contribution in [0.4, 0.5) is 0 Å². The number of rotatable bonds is 8. The van der Waals surface area contributed by atoms with Gasteiger partial charge in [0.05, 0.1) is 27.4 Å². The third kappa shape index (κ3) is 4.48. The maximum Gasteiger partial charge on any atom is 0.203 e. The van der Waals surface area contributed by atoms with Crippen LogP contribution in [-0.2, 0) is 0 Å². The number of benzene rings is 1. The standard InChI is InChI=1S/C15H22O4/c1-4-5-9-19-15-13(17-2)10-12(7-6-8-16)11-14(15)18-3/h6-7,10-11,16H,4-5,8-9H2,1-3H3/b7-6+. The number of unbranched alkanes of at least 4 members (excludes halogenated alkanes) is 1. The van der Waals surface area contributed by atoms with Gasteiger partial charge in [-0.25, -0.2) is 0 Å². The molecule has 0 radical (unpaired) electrons.